The second-order valence-corrected chi connectivity index (χ2v) is 3.58. The Labute approximate surface area is 92.8 Å². The molecule has 2 N–H and O–H groups in total. The molecule has 0 bridgehead atoms. The third kappa shape index (κ3) is 3.09. The Bertz CT molecular complexity index is 183. The van der Waals surface area contributed by atoms with Crippen molar-refractivity contribution in [2.24, 2.45) is 5.73 Å². The van der Waals surface area contributed by atoms with Gasteiger partial charge in [-0.25, -0.2) is 4.79 Å². The van der Waals surface area contributed by atoms with Gasteiger partial charge in [0.1, 0.15) is 0 Å². The molecule has 0 aliphatic rings. The average molecular weight is 216 g/mol. The summed E-state index contributed by atoms with van der Waals surface area (Å²) in [5.41, 5.74) is 5.54. The molecule has 0 aliphatic heterocycles. The van der Waals surface area contributed by atoms with E-state index in [2.05, 4.69) is 13.8 Å². The van der Waals surface area contributed by atoms with Crippen LogP contribution >= 0.6 is 0 Å². The Morgan fingerprint density at radius 1 is 1.27 bits per heavy atom. The van der Waals surface area contributed by atoms with Crippen molar-refractivity contribution in [3.05, 3.63) is 0 Å². The molecule has 0 aliphatic carbocycles. The van der Waals surface area contributed by atoms with E-state index in [1.807, 2.05) is 13.8 Å². The van der Waals surface area contributed by atoms with Gasteiger partial charge in [-0.3, -0.25) is 0 Å². The van der Waals surface area contributed by atoms with Crippen LogP contribution in [0.1, 0.15) is 40.5 Å². The van der Waals surface area contributed by atoms with Gasteiger partial charge in [0, 0.05) is 13.1 Å². The molecule has 0 saturated heterocycles. The summed E-state index contributed by atoms with van der Waals surface area (Å²) in [5.74, 6) is 0. The van der Waals surface area contributed by atoms with Gasteiger partial charge < -0.3 is 15.4 Å². The lowest BCUT2D eigenvalue weighted by molar-refractivity contribution is 0.0530. The van der Waals surface area contributed by atoms with Crippen molar-refractivity contribution < 1.29 is 9.53 Å². The van der Waals surface area contributed by atoms with Crippen LogP contribution in [0.5, 0.6) is 0 Å². The summed E-state index contributed by atoms with van der Waals surface area (Å²) in [4.78, 5) is 13.5. The topological polar surface area (TPSA) is 55.6 Å². The fourth-order valence-corrected chi connectivity index (χ4v) is 1.89. The smallest absolute Gasteiger partial charge is 0.410 e. The Morgan fingerprint density at radius 3 is 2.07 bits per heavy atom. The van der Waals surface area contributed by atoms with E-state index in [-0.39, 0.29) is 11.6 Å². The summed E-state index contributed by atoms with van der Waals surface area (Å²) in [6.45, 7) is 9.39. The monoisotopic (exact) mass is 216 g/mol. The number of amides is 1. The van der Waals surface area contributed by atoms with E-state index < -0.39 is 0 Å². The molecule has 0 spiro atoms. The number of rotatable bonds is 6. The summed E-state index contributed by atoms with van der Waals surface area (Å²) in [5, 5.41) is 0. The van der Waals surface area contributed by atoms with Crippen molar-refractivity contribution in [3.63, 3.8) is 0 Å². The van der Waals surface area contributed by atoms with Crippen LogP contribution in [0.15, 0.2) is 0 Å². The van der Waals surface area contributed by atoms with Crippen LogP contribution in [-0.4, -0.2) is 36.2 Å². The number of hydrogen-bond donors (Lipinski definition) is 1. The van der Waals surface area contributed by atoms with E-state index in [1.54, 1.807) is 4.90 Å². The second-order valence-electron chi connectivity index (χ2n) is 3.58. The minimum Gasteiger partial charge on any atom is -0.450 e. The standard InChI is InChI=1S/C11H24N2O2/c1-5-11(6-2,9-12)13(7-3)10(14)15-8-4/h5-9,12H2,1-4H3. The molecular formula is C11H24N2O2. The van der Waals surface area contributed by atoms with Crippen molar-refractivity contribution in [3.8, 4) is 0 Å². The van der Waals surface area contributed by atoms with E-state index in [1.165, 1.54) is 0 Å². The van der Waals surface area contributed by atoms with Gasteiger partial charge in [0.15, 0.2) is 0 Å². The van der Waals surface area contributed by atoms with Gasteiger partial charge in [-0.1, -0.05) is 13.8 Å². The fourth-order valence-electron chi connectivity index (χ4n) is 1.89. The Hall–Kier alpha value is -0.770. The number of carbonyl (C=O) groups excluding carboxylic acids is 1. The van der Waals surface area contributed by atoms with Crippen LogP contribution in [0.3, 0.4) is 0 Å². The van der Waals surface area contributed by atoms with Gasteiger partial charge in [0.2, 0.25) is 0 Å². The predicted octanol–water partition coefficient (Wildman–Crippen LogP) is 1.98. The molecule has 0 saturated carbocycles. The molecule has 15 heavy (non-hydrogen) atoms. The summed E-state index contributed by atoms with van der Waals surface area (Å²) in [6.07, 6.45) is 1.45. The van der Waals surface area contributed by atoms with Gasteiger partial charge in [-0.2, -0.15) is 0 Å². The Kier molecular flexibility index (Phi) is 6.32. The zero-order chi connectivity index (χ0) is 11.9. The highest BCUT2D eigenvalue weighted by atomic mass is 16.6. The van der Waals surface area contributed by atoms with Crippen LogP contribution in [0.25, 0.3) is 0 Å². The van der Waals surface area contributed by atoms with E-state index in [0.29, 0.717) is 19.7 Å². The molecule has 0 radical (unpaired) electrons. The number of carbonyl (C=O) groups is 1. The molecule has 0 atom stereocenters. The summed E-state index contributed by atoms with van der Waals surface area (Å²) in [7, 11) is 0. The lowest BCUT2D eigenvalue weighted by atomic mass is 9.91. The number of likely N-dealkylation sites (N-methyl/N-ethyl adjacent to an activating group) is 1. The largest absolute Gasteiger partial charge is 0.450 e. The summed E-state index contributed by atoms with van der Waals surface area (Å²) in [6, 6.07) is 0. The van der Waals surface area contributed by atoms with Crippen LogP contribution < -0.4 is 5.73 Å². The van der Waals surface area contributed by atoms with Crippen molar-refractivity contribution in [2.75, 3.05) is 19.7 Å². The quantitative estimate of drug-likeness (QED) is 0.738. The number of hydrogen-bond acceptors (Lipinski definition) is 3. The van der Waals surface area contributed by atoms with Crippen LogP contribution in [-0.2, 0) is 4.74 Å². The van der Waals surface area contributed by atoms with E-state index >= 15 is 0 Å². The van der Waals surface area contributed by atoms with Gasteiger partial charge >= 0.3 is 6.09 Å². The Balaban J connectivity index is 4.80. The molecule has 1 amide bonds. The van der Waals surface area contributed by atoms with Crippen molar-refractivity contribution in [1.82, 2.24) is 4.90 Å². The molecule has 0 aromatic heterocycles. The van der Waals surface area contributed by atoms with Gasteiger partial charge in [0.25, 0.3) is 0 Å². The fraction of sp³-hybridized carbons (Fsp3) is 0.909. The van der Waals surface area contributed by atoms with E-state index in [4.69, 9.17) is 10.5 Å². The van der Waals surface area contributed by atoms with Gasteiger partial charge in [0.05, 0.1) is 12.1 Å². The third-order valence-corrected chi connectivity index (χ3v) is 3.07. The molecule has 0 aromatic rings. The zero-order valence-corrected chi connectivity index (χ0v) is 10.4. The van der Waals surface area contributed by atoms with Crippen molar-refractivity contribution in [1.29, 1.82) is 0 Å². The first-order chi connectivity index (χ1) is 7.11. The molecule has 0 rings (SSSR count). The van der Waals surface area contributed by atoms with Crippen LogP contribution in [0.4, 0.5) is 4.79 Å². The van der Waals surface area contributed by atoms with E-state index in [9.17, 15) is 4.79 Å². The van der Waals surface area contributed by atoms with Crippen molar-refractivity contribution in [2.45, 2.75) is 46.1 Å². The highest BCUT2D eigenvalue weighted by molar-refractivity contribution is 5.68. The zero-order valence-electron chi connectivity index (χ0n) is 10.4. The molecule has 0 unspecified atom stereocenters. The normalized spacial score (nSPS) is 11.3. The molecular weight excluding hydrogens is 192 g/mol. The predicted molar refractivity (Wildman–Crippen MR) is 61.8 cm³/mol. The first kappa shape index (κ1) is 14.2. The van der Waals surface area contributed by atoms with Gasteiger partial charge in [-0.05, 0) is 26.7 Å². The number of nitrogens with two attached hydrogens (primary N) is 1. The minimum atomic E-state index is -0.255. The highest BCUT2D eigenvalue weighted by Gasteiger charge is 2.35. The molecule has 0 fully saturated rings. The maximum absolute atomic E-state index is 11.7. The summed E-state index contributed by atoms with van der Waals surface area (Å²) < 4.78 is 5.04. The molecule has 0 heterocycles. The molecule has 0 aromatic carbocycles. The van der Waals surface area contributed by atoms with Crippen LogP contribution in [0, 0.1) is 0 Å². The lowest BCUT2D eigenvalue weighted by Gasteiger charge is -2.41. The maximum Gasteiger partial charge on any atom is 0.410 e. The molecule has 4 nitrogen and oxygen atoms in total. The first-order valence-corrected chi connectivity index (χ1v) is 5.76. The maximum atomic E-state index is 11.7. The SMILES string of the molecule is CCOC(=O)N(CC)C(CC)(CC)CN. The minimum absolute atomic E-state index is 0.249. The number of nitrogens with zero attached hydrogens (tertiary/aromatic N) is 1. The average Bonchev–Trinajstić information content (AvgIpc) is 2.26. The Morgan fingerprint density at radius 2 is 1.80 bits per heavy atom. The first-order valence-electron chi connectivity index (χ1n) is 5.76. The molecule has 90 valence electrons. The van der Waals surface area contributed by atoms with Crippen molar-refractivity contribution >= 4 is 6.09 Å². The summed E-state index contributed by atoms with van der Waals surface area (Å²) >= 11 is 0. The number of ether oxygens (including phenoxy) is 1. The van der Waals surface area contributed by atoms with E-state index in [0.717, 1.165) is 12.8 Å². The van der Waals surface area contributed by atoms with Gasteiger partial charge in [-0.15, -0.1) is 0 Å². The third-order valence-electron chi connectivity index (χ3n) is 3.07. The molecule has 4 heteroatoms. The van der Waals surface area contributed by atoms with Crippen LogP contribution in [0.2, 0.25) is 0 Å². The highest BCUT2D eigenvalue weighted by Crippen LogP contribution is 2.23. The second kappa shape index (κ2) is 6.67. The lowest BCUT2D eigenvalue weighted by Crippen LogP contribution is -2.55.